The molecule has 2 N–H and O–H groups in total. The first-order valence-corrected chi connectivity index (χ1v) is 5.25. The molecule has 0 unspecified atom stereocenters. The van der Waals surface area contributed by atoms with Crippen LogP contribution in [0, 0.1) is 0 Å². The Labute approximate surface area is 92.4 Å². The minimum absolute atomic E-state index is 0.681. The molecular weight excluding hydrogens is 204 g/mol. The lowest BCUT2D eigenvalue weighted by atomic mass is 10.3. The highest BCUT2D eigenvalue weighted by molar-refractivity contribution is 5.96. The highest BCUT2D eigenvalue weighted by atomic mass is 16.4. The summed E-state index contributed by atoms with van der Waals surface area (Å²) >= 11 is 0. The Morgan fingerprint density at radius 2 is 2.44 bits per heavy atom. The van der Waals surface area contributed by atoms with E-state index in [1.165, 1.54) is 0 Å². The number of rotatable bonds is 1. The lowest BCUT2D eigenvalue weighted by molar-refractivity contribution is 0.318. The molecule has 0 radical (unpaired) electrons. The van der Waals surface area contributed by atoms with Gasteiger partial charge >= 0.3 is 0 Å². The van der Waals surface area contributed by atoms with E-state index < -0.39 is 0 Å². The second kappa shape index (κ2) is 3.52. The molecule has 2 aromatic rings. The number of fused-ring (bicyclic) bond motifs is 1. The quantitative estimate of drug-likeness (QED) is 0.562. The molecule has 0 aromatic carbocycles. The smallest absolute Gasteiger partial charge is 0.111 e. The maximum Gasteiger partial charge on any atom is 0.111 e. The molecule has 2 aromatic heterocycles. The third-order valence-corrected chi connectivity index (χ3v) is 2.94. The number of pyridine rings is 1. The van der Waals surface area contributed by atoms with E-state index in [2.05, 4.69) is 20.0 Å². The van der Waals surface area contributed by atoms with E-state index in [1.54, 1.807) is 6.20 Å². The van der Waals surface area contributed by atoms with Crippen LogP contribution in [0.15, 0.2) is 29.7 Å². The highest BCUT2D eigenvalue weighted by Gasteiger charge is 2.21. The Hall–Kier alpha value is -2.04. The van der Waals surface area contributed by atoms with E-state index in [4.69, 9.17) is 5.21 Å². The van der Waals surface area contributed by atoms with Gasteiger partial charge in [0.2, 0.25) is 0 Å². The molecule has 0 spiro atoms. The van der Waals surface area contributed by atoms with Crippen molar-refractivity contribution in [3.05, 3.63) is 24.5 Å². The number of hydrogen-bond acceptors (Lipinski definition) is 4. The average molecular weight is 216 g/mol. The summed E-state index contributed by atoms with van der Waals surface area (Å²) in [4.78, 5) is 9.72. The summed E-state index contributed by atoms with van der Waals surface area (Å²) in [6.45, 7) is 1.56. The molecule has 82 valence electrons. The predicted octanol–water partition coefficient (Wildman–Crippen LogP) is 1.60. The van der Waals surface area contributed by atoms with Crippen molar-refractivity contribution in [1.82, 2.24) is 9.97 Å². The second-order valence-corrected chi connectivity index (χ2v) is 3.91. The van der Waals surface area contributed by atoms with Crippen molar-refractivity contribution in [3.8, 4) is 0 Å². The van der Waals surface area contributed by atoms with Gasteiger partial charge in [0.15, 0.2) is 0 Å². The summed E-state index contributed by atoms with van der Waals surface area (Å²) in [7, 11) is 0. The van der Waals surface area contributed by atoms with E-state index >= 15 is 0 Å². The molecule has 0 aliphatic carbocycles. The van der Waals surface area contributed by atoms with Crippen molar-refractivity contribution in [2.45, 2.75) is 6.42 Å². The molecule has 0 bridgehead atoms. The van der Waals surface area contributed by atoms with Gasteiger partial charge < -0.3 is 15.1 Å². The molecule has 0 amide bonds. The number of aromatic amines is 1. The van der Waals surface area contributed by atoms with Crippen LogP contribution in [0.2, 0.25) is 0 Å². The third-order valence-electron chi connectivity index (χ3n) is 2.94. The minimum atomic E-state index is 0.681. The largest absolute Gasteiger partial charge is 0.411 e. The molecule has 16 heavy (non-hydrogen) atoms. The Balaban J connectivity index is 2.01. The Morgan fingerprint density at radius 1 is 1.50 bits per heavy atom. The van der Waals surface area contributed by atoms with Gasteiger partial charge in [0, 0.05) is 25.4 Å². The van der Waals surface area contributed by atoms with Crippen LogP contribution in [-0.4, -0.2) is 34.0 Å². The summed E-state index contributed by atoms with van der Waals surface area (Å²) in [5, 5.41) is 12.0. The maximum absolute atomic E-state index is 8.73. The summed E-state index contributed by atoms with van der Waals surface area (Å²) in [6, 6.07) is 3.91. The maximum atomic E-state index is 8.73. The van der Waals surface area contributed by atoms with E-state index in [0.29, 0.717) is 6.54 Å². The Bertz CT molecular complexity index is 546. The highest BCUT2D eigenvalue weighted by Crippen LogP contribution is 2.26. The van der Waals surface area contributed by atoms with Crippen LogP contribution in [0.5, 0.6) is 0 Å². The van der Waals surface area contributed by atoms with Crippen LogP contribution < -0.4 is 4.90 Å². The SMILES string of the molecule is O/N=C1\CCN(c2c[nH]c3cccnc23)C1. The van der Waals surface area contributed by atoms with Crippen LogP contribution in [0.4, 0.5) is 5.69 Å². The molecule has 1 aliphatic rings. The number of oxime groups is 1. The zero-order valence-corrected chi connectivity index (χ0v) is 8.72. The van der Waals surface area contributed by atoms with E-state index in [1.807, 2.05) is 18.3 Å². The van der Waals surface area contributed by atoms with Gasteiger partial charge in [-0.2, -0.15) is 0 Å². The van der Waals surface area contributed by atoms with Gasteiger partial charge in [0.1, 0.15) is 5.52 Å². The van der Waals surface area contributed by atoms with E-state index in [-0.39, 0.29) is 0 Å². The number of nitrogens with one attached hydrogen (secondary N) is 1. The van der Waals surface area contributed by atoms with Gasteiger partial charge in [0.25, 0.3) is 0 Å². The van der Waals surface area contributed by atoms with Crippen molar-refractivity contribution in [3.63, 3.8) is 0 Å². The summed E-state index contributed by atoms with van der Waals surface area (Å²) < 4.78 is 0. The molecule has 5 nitrogen and oxygen atoms in total. The van der Waals surface area contributed by atoms with Gasteiger partial charge in [-0.15, -0.1) is 0 Å². The molecule has 0 atom stereocenters. The fourth-order valence-corrected chi connectivity index (χ4v) is 2.11. The summed E-state index contributed by atoms with van der Waals surface area (Å²) in [5.41, 5.74) is 3.91. The zero-order chi connectivity index (χ0) is 11.0. The van der Waals surface area contributed by atoms with Crippen LogP contribution in [0.25, 0.3) is 11.0 Å². The fourth-order valence-electron chi connectivity index (χ4n) is 2.11. The van der Waals surface area contributed by atoms with Crippen LogP contribution in [0.3, 0.4) is 0 Å². The average Bonchev–Trinajstić information content (AvgIpc) is 2.94. The standard InChI is InChI=1S/C11H12N4O/c16-14-8-3-5-15(7-8)10-6-13-9-2-1-4-12-11(9)10/h1-2,4,6,13,16H,3,5,7H2/b14-8+. The van der Waals surface area contributed by atoms with Gasteiger partial charge in [-0.25, -0.2) is 0 Å². The molecule has 1 aliphatic heterocycles. The first-order chi connectivity index (χ1) is 7.88. The minimum Gasteiger partial charge on any atom is -0.411 e. The zero-order valence-electron chi connectivity index (χ0n) is 8.72. The summed E-state index contributed by atoms with van der Waals surface area (Å²) in [6.07, 6.45) is 4.56. The van der Waals surface area contributed by atoms with Gasteiger partial charge in [-0.1, -0.05) is 5.16 Å². The summed E-state index contributed by atoms with van der Waals surface area (Å²) in [5.74, 6) is 0. The molecule has 3 heterocycles. The Kier molecular flexibility index (Phi) is 2.02. The van der Waals surface area contributed by atoms with Crippen LogP contribution in [-0.2, 0) is 0 Å². The van der Waals surface area contributed by atoms with Crippen molar-refractivity contribution in [1.29, 1.82) is 0 Å². The number of H-pyrrole nitrogens is 1. The predicted molar refractivity (Wildman–Crippen MR) is 62.1 cm³/mol. The molecule has 1 saturated heterocycles. The second-order valence-electron chi connectivity index (χ2n) is 3.91. The number of nitrogens with zero attached hydrogens (tertiary/aromatic N) is 3. The fraction of sp³-hybridized carbons (Fsp3) is 0.273. The van der Waals surface area contributed by atoms with Gasteiger partial charge in [0.05, 0.1) is 23.5 Å². The van der Waals surface area contributed by atoms with Crippen molar-refractivity contribution >= 4 is 22.4 Å². The monoisotopic (exact) mass is 216 g/mol. The normalized spacial score (nSPS) is 18.8. The molecular formula is C11H12N4O. The number of aromatic nitrogens is 2. The number of anilines is 1. The lowest BCUT2D eigenvalue weighted by Crippen LogP contribution is -2.19. The Morgan fingerprint density at radius 3 is 3.25 bits per heavy atom. The van der Waals surface area contributed by atoms with Gasteiger partial charge in [-0.3, -0.25) is 4.98 Å². The van der Waals surface area contributed by atoms with Crippen LogP contribution >= 0.6 is 0 Å². The number of hydrogen-bond donors (Lipinski definition) is 2. The van der Waals surface area contributed by atoms with E-state index in [9.17, 15) is 0 Å². The molecule has 1 fully saturated rings. The third kappa shape index (κ3) is 1.32. The van der Waals surface area contributed by atoms with Crippen LogP contribution in [0.1, 0.15) is 6.42 Å². The van der Waals surface area contributed by atoms with Crippen molar-refractivity contribution in [2.75, 3.05) is 18.0 Å². The first kappa shape index (κ1) is 9.21. The van der Waals surface area contributed by atoms with E-state index in [0.717, 1.165) is 35.4 Å². The van der Waals surface area contributed by atoms with Crippen molar-refractivity contribution in [2.24, 2.45) is 5.16 Å². The molecule has 3 rings (SSSR count). The topological polar surface area (TPSA) is 64.5 Å². The van der Waals surface area contributed by atoms with Gasteiger partial charge in [-0.05, 0) is 12.1 Å². The molecule has 0 saturated carbocycles. The lowest BCUT2D eigenvalue weighted by Gasteiger charge is -2.14. The first-order valence-electron chi connectivity index (χ1n) is 5.25. The van der Waals surface area contributed by atoms with Crippen molar-refractivity contribution < 1.29 is 5.21 Å². The molecule has 5 heteroatoms.